The van der Waals surface area contributed by atoms with Crippen LogP contribution in [0.4, 0.5) is 4.39 Å². The van der Waals surface area contributed by atoms with Crippen LogP contribution in [0.15, 0.2) is 72.4 Å². The number of carbonyl (C=O) groups is 1. The number of fused-ring (bicyclic) bond motifs is 4. The summed E-state index contributed by atoms with van der Waals surface area (Å²) in [6, 6.07) is 18.5. The van der Waals surface area contributed by atoms with E-state index in [-0.39, 0.29) is 29.0 Å². The van der Waals surface area contributed by atoms with Crippen molar-refractivity contribution in [3.8, 4) is 23.1 Å². The lowest BCUT2D eigenvalue weighted by Crippen LogP contribution is -2.45. The SMILES string of the molecule is C[C@H]1C(=O)C(C#N)=C[C@@]2(C)c3nc(-c4cccc5ncccc45)n(-c4cccc(F)c4)c3CC[C@H]12. The number of allylic oxidation sites excluding steroid dienone is 2. The highest BCUT2D eigenvalue weighted by Crippen LogP contribution is 2.51. The Bertz CT molecular complexity index is 1590. The summed E-state index contributed by atoms with van der Waals surface area (Å²) in [4.78, 5) is 22.5. The summed E-state index contributed by atoms with van der Waals surface area (Å²) < 4.78 is 16.4. The maximum atomic E-state index is 14.4. The zero-order valence-electron chi connectivity index (χ0n) is 19.5. The molecule has 4 aromatic rings. The van der Waals surface area contributed by atoms with Gasteiger partial charge in [0.05, 0.1) is 22.5 Å². The molecule has 0 aliphatic heterocycles. The van der Waals surface area contributed by atoms with Crippen molar-refractivity contribution in [3.05, 3.63) is 89.6 Å². The molecular weight excluding hydrogens is 439 g/mol. The fraction of sp³-hybridized carbons (Fsp3) is 0.241. The van der Waals surface area contributed by atoms with Crippen molar-refractivity contribution in [3.63, 3.8) is 0 Å². The van der Waals surface area contributed by atoms with Gasteiger partial charge in [0.25, 0.3) is 0 Å². The van der Waals surface area contributed by atoms with E-state index in [9.17, 15) is 14.4 Å². The second-order valence-corrected chi connectivity index (χ2v) is 9.67. The number of nitrogens with zero attached hydrogens (tertiary/aromatic N) is 4. The number of nitriles is 1. The molecule has 0 saturated carbocycles. The Morgan fingerprint density at radius 1 is 1.17 bits per heavy atom. The van der Waals surface area contributed by atoms with Gasteiger partial charge in [-0.2, -0.15) is 5.26 Å². The fourth-order valence-electron chi connectivity index (χ4n) is 6.09. The summed E-state index contributed by atoms with van der Waals surface area (Å²) in [7, 11) is 0. The van der Waals surface area contributed by atoms with E-state index >= 15 is 0 Å². The number of halogens is 1. The van der Waals surface area contributed by atoms with Crippen LogP contribution in [0.1, 0.15) is 31.7 Å². The maximum Gasteiger partial charge on any atom is 0.176 e. The molecule has 5 nitrogen and oxygen atoms in total. The summed E-state index contributed by atoms with van der Waals surface area (Å²) in [5.74, 6) is 0.0645. The first-order valence-electron chi connectivity index (χ1n) is 11.8. The highest BCUT2D eigenvalue weighted by Gasteiger charge is 2.50. The molecule has 0 radical (unpaired) electrons. The Labute approximate surface area is 202 Å². The third-order valence-electron chi connectivity index (χ3n) is 7.75. The number of hydrogen-bond donors (Lipinski definition) is 0. The number of aromatic nitrogens is 3. The second-order valence-electron chi connectivity index (χ2n) is 9.67. The average molecular weight is 463 g/mol. The monoisotopic (exact) mass is 462 g/mol. The van der Waals surface area contributed by atoms with Crippen molar-refractivity contribution in [2.24, 2.45) is 11.8 Å². The Morgan fingerprint density at radius 2 is 2.00 bits per heavy atom. The van der Waals surface area contributed by atoms with Crippen molar-refractivity contribution < 1.29 is 9.18 Å². The van der Waals surface area contributed by atoms with Crippen LogP contribution in [0, 0.1) is 29.0 Å². The molecule has 0 fully saturated rings. The third-order valence-corrected chi connectivity index (χ3v) is 7.75. The van der Waals surface area contributed by atoms with Crippen LogP contribution >= 0.6 is 0 Å². The van der Waals surface area contributed by atoms with Gasteiger partial charge in [0.1, 0.15) is 17.7 Å². The van der Waals surface area contributed by atoms with Gasteiger partial charge in [-0.1, -0.05) is 44.2 Å². The number of pyridine rings is 1. The molecule has 0 saturated heterocycles. The van der Waals surface area contributed by atoms with E-state index in [1.807, 2.05) is 54.0 Å². The van der Waals surface area contributed by atoms with Crippen molar-refractivity contribution in [2.45, 2.75) is 32.1 Å². The van der Waals surface area contributed by atoms with Gasteiger partial charge >= 0.3 is 0 Å². The zero-order valence-corrected chi connectivity index (χ0v) is 19.5. The summed E-state index contributed by atoms with van der Waals surface area (Å²) in [5.41, 5.74) is 3.90. The van der Waals surface area contributed by atoms with Gasteiger partial charge in [-0.25, -0.2) is 9.37 Å². The predicted molar refractivity (Wildman–Crippen MR) is 131 cm³/mol. The van der Waals surface area contributed by atoms with E-state index in [0.717, 1.165) is 34.3 Å². The number of benzene rings is 2. The number of rotatable bonds is 2. The highest BCUT2D eigenvalue weighted by molar-refractivity contribution is 6.02. The number of imidazole rings is 1. The lowest BCUT2D eigenvalue weighted by molar-refractivity contribution is -0.121. The van der Waals surface area contributed by atoms with E-state index in [2.05, 4.69) is 18.0 Å². The van der Waals surface area contributed by atoms with Gasteiger partial charge in [0.2, 0.25) is 0 Å². The van der Waals surface area contributed by atoms with Crippen LogP contribution in [0.2, 0.25) is 0 Å². The molecule has 2 aliphatic rings. The van der Waals surface area contributed by atoms with Crippen molar-refractivity contribution in [2.75, 3.05) is 0 Å². The quantitative estimate of drug-likeness (QED) is 0.382. The highest BCUT2D eigenvalue weighted by atomic mass is 19.1. The molecule has 6 heteroatoms. The number of carbonyl (C=O) groups excluding carboxylic acids is 1. The second kappa shape index (κ2) is 7.71. The van der Waals surface area contributed by atoms with Gasteiger partial charge in [-0.3, -0.25) is 14.3 Å². The number of ketones is 1. The smallest absolute Gasteiger partial charge is 0.176 e. The molecule has 172 valence electrons. The van der Waals surface area contributed by atoms with Gasteiger partial charge < -0.3 is 0 Å². The molecule has 2 aliphatic carbocycles. The van der Waals surface area contributed by atoms with Gasteiger partial charge in [0.15, 0.2) is 5.78 Å². The van der Waals surface area contributed by atoms with E-state index < -0.39 is 5.41 Å². The van der Waals surface area contributed by atoms with Crippen molar-refractivity contribution in [1.82, 2.24) is 14.5 Å². The summed E-state index contributed by atoms with van der Waals surface area (Å²) >= 11 is 0. The Morgan fingerprint density at radius 3 is 2.80 bits per heavy atom. The Kier molecular flexibility index (Phi) is 4.72. The third kappa shape index (κ3) is 3.08. The minimum Gasteiger partial charge on any atom is -0.296 e. The zero-order chi connectivity index (χ0) is 24.3. The first-order valence-corrected chi connectivity index (χ1v) is 11.8. The molecule has 2 aromatic carbocycles. The average Bonchev–Trinajstić information content (AvgIpc) is 3.27. The predicted octanol–water partition coefficient (Wildman–Crippen LogP) is 5.72. The molecule has 0 amide bonds. The standard InChI is InChI=1S/C29H23FN4O/c1-17-23-11-12-25-27(29(23,2)15-18(16-31)26(17)35)33-28(34(25)20-7-3-6-19(30)14-20)22-8-4-10-24-21(22)9-5-13-32-24/h3-10,13-15,17,23H,11-12H2,1-2H3/t17-,23-,29-/m1/s1. The molecule has 0 N–H and O–H groups in total. The largest absolute Gasteiger partial charge is 0.296 e. The van der Waals surface area contributed by atoms with Crippen molar-refractivity contribution in [1.29, 1.82) is 5.26 Å². The first kappa shape index (κ1) is 21.4. The summed E-state index contributed by atoms with van der Waals surface area (Å²) in [6.07, 6.45) is 5.06. The van der Waals surface area contributed by atoms with E-state index in [1.165, 1.54) is 12.1 Å². The van der Waals surface area contributed by atoms with Gasteiger partial charge in [-0.05, 0) is 49.1 Å². The van der Waals surface area contributed by atoms with Crippen LogP contribution in [-0.4, -0.2) is 20.3 Å². The van der Waals surface area contributed by atoms with Crippen LogP contribution in [-0.2, 0) is 16.6 Å². The first-order chi connectivity index (χ1) is 16.9. The lowest BCUT2D eigenvalue weighted by atomic mass is 9.58. The Balaban J connectivity index is 1.69. The topological polar surface area (TPSA) is 71.6 Å². The van der Waals surface area contributed by atoms with Gasteiger partial charge in [-0.15, -0.1) is 0 Å². The molecule has 3 atom stereocenters. The molecule has 6 rings (SSSR count). The van der Waals surface area contributed by atoms with Crippen molar-refractivity contribution >= 4 is 16.7 Å². The summed E-state index contributed by atoms with van der Waals surface area (Å²) in [5, 5.41) is 10.6. The van der Waals surface area contributed by atoms with E-state index in [0.29, 0.717) is 17.9 Å². The molecule has 35 heavy (non-hydrogen) atoms. The Hall–Kier alpha value is -4.11. The van der Waals surface area contributed by atoms with Crippen LogP contribution in [0.5, 0.6) is 0 Å². The van der Waals surface area contributed by atoms with Crippen LogP contribution in [0.25, 0.3) is 28.0 Å². The molecule has 0 unspecified atom stereocenters. The molecular formula is C29H23FN4O. The minimum absolute atomic E-state index is 0.0393. The minimum atomic E-state index is -0.581. The number of hydrogen-bond acceptors (Lipinski definition) is 4. The number of Topliss-reactive ketones (excluding diaryl/α,β-unsaturated/α-hetero) is 1. The van der Waals surface area contributed by atoms with E-state index in [4.69, 9.17) is 4.98 Å². The maximum absolute atomic E-state index is 14.4. The van der Waals surface area contributed by atoms with Crippen LogP contribution in [0.3, 0.4) is 0 Å². The lowest BCUT2D eigenvalue weighted by Gasteiger charge is -2.44. The van der Waals surface area contributed by atoms with E-state index in [1.54, 1.807) is 12.3 Å². The van der Waals surface area contributed by atoms with Crippen LogP contribution < -0.4 is 0 Å². The molecule has 2 aromatic heterocycles. The molecule has 0 bridgehead atoms. The normalized spacial score (nSPS) is 23.4. The molecule has 2 heterocycles. The fourth-order valence-corrected chi connectivity index (χ4v) is 6.09. The molecule has 0 spiro atoms. The van der Waals surface area contributed by atoms with Gasteiger partial charge in [0, 0.05) is 34.2 Å². The summed E-state index contributed by atoms with van der Waals surface area (Å²) in [6.45, 7) is 3.99.